The molecule has 0 saturated carbocycles. The fourth-order valence-electron chi connectivity index (χ4n) is 8.18. The zero-order chi connectivity index (χ0) is 37.4. The summed E-state index contributed by atoms with van der Waals surface area (Å²) in [7, 11) is 0. The van der Waals surface area contributed by atoms with Crippen LogP contribution in [0.3, 0.4) is 0 Å². The molecule has 0 radical (unpaired) electrons. The van der Waals surface area contributed by atoms with Crippen LogP contribution in [0.1, 0.15) is 0 Å². The third-order valence-corrected chi connectivity index (χ3v) is 10.8. The highest BCUT2D eigenvalue weighted by atomic mass is 19.1. The zero-order valence-electron chi connectivity index (χ0n) is 30.5. The number of fused-ring (bicyclic) bond motifs is 3. The molecule has 0 aliphatic heterocycles. The maximum atomic E-state index is 14.0. The lowest BCUT2D eigenvalue weighted by Crippen LogP contribution is -2.09. The van der Waals surface area contributed by atoms with E-state index in [4.69, 9.17) is 0 Å². The Kier molecular flexibility index (Phi) is 8.38. The fraction of sp³-hybridized carbons (Fsp3) is 0. The molecule has 0 aliphatic carbocycles. The van der Waals surface area contributed by atoms with Crippen molar-refractivity contribution in [2.45, 2.75) is 0 Å². The predicted octanol–water partition coefficient (Wildman–Crippen LogP) is 14.8. The van der Waals surface area contributed by atoms with E-state index in [1.165, 1.54) is 66.7 Å². The van der Waals surface area contributed by atoms with E-state index in [1.807, 2.05) is 24.4 Å². The first kappa shape index (κ1) is 33.2. The molecule has 1 aromatic heterocycles. The molecular formula is C53H35FN2. The second kappa shape index (κ2) is 14.1. The Morgan fingerprint density at radius 3 is 1.34 bits per heavy atom. The van der Waals surface area contributed by atoms with Gasteiger partial charge in [0.25, 0.3) is 0 Å². The van der Waals surface area contributed by atoms with Crippen LogP contribution in [-0.2, 0) is 0 Å². The molecule has 0 aliphatic rings. The summed E-state index contributed by atoms with van der Waals surface area (Å²) in [5.41, 5.74) is 12.2. The van der Waals surface area contributed by atoms with Gasteiger partial charge in [-0.15, -0.1) is 0 Å². The van der Waals surface area contributed by atoms with Gasteiger partial charge in [0.05, 0.1) is 0 Å². The van der Waals surface area contributed by atoms with Gasteiger partial charge in [-0.05, 0) is 131 Å². The van der Waals surface area contributed by atoms with Gasteiger partial charge < -0.3 is 4.90 Å². The van der Waals surface area contributed by atoms with Gasteiger partial charge in [-0.25, -0.2) is 4.39 Å². The molecule has 10 rings (SSSR count). The van der Waals surface area contributed by atoms with Crippen molar-refractivity contribution >= 4 is 49.4 Å². The van der Waals surface area contributed by atoms with Crippen molar-refractivity contribution in [3.05, 3.63) is 218 Å². The SMILES string of the molecule is Fc1ccc(N(c2ccc(-c3ccc(-c4c5ccccc5c(-c5cccc6ccccc56)c5ccccc45)cc3)cc2)c2ccc(-c3cccnc3)cc2)cc1. The molecule has 0 amide bonds. The van der Waals surface area contributed by atoms with E-state index in [0.29, 0.717) is 0 Å². The van der Waals surface area contributed by atoms with Crippen molar-refractivity contribution in [1.82, 2.24) is 4.98 Å². The normalized spacial score (nSPS) is 11.3. The molecule has 56 heavy (non-hydrogen) atoms. The number of hydrogen-bond acceptors (Lipinski definition) is 2. The van der Waals surface area contributed by atoms with Crippen LogP contribution in [0.4, 0.5) is 21.5 Å². The molecule has 0 spiro atoms. The van der Waals surface area contributed by atoms with Crippen LogP contribution in [0.5, 0.6) is 0 Å². The minimum Gasteiger partial charge on any atom is -0.311 e. The summed E-state index contributed by atoms with van der Waals surface area (Å²) >= 11 is 0. The van der Waals surface area contributed by atoms with E-state index in [9.17, 15) is 4.39 Å². The lowest BCUT2D eigenvalue weighted by atomic mass is 9.84. The van der Waals surface area contributed by atoms with Crippen LogP contribution < -0.4 is 4.90 Å². The molecule has 10 aromatic rings. The molecule has 0 atom stereocenters. The first-order valence-corrected chi connectivity index (χ1v) is 18.9. The number of pyridine rings is 1. The maximum Gasteiger partial charge on any atom is 0.123 e. The van der Waals surface area contributed by atoms with Crippen molar-refractivity contribution in [3.63, 3.8) is 0 Å². The van der Waals surface area contributed by atoms with E-state index >= 15 is 0 Å². The summed E-state index contributed by atoms with van der Waals surface area (Å²) < 4.78 is 14.0. The highest BCUT2D eigenvalue weighted by molar-refractivity contribution is 6.23. The van der Waals surface area contributed by atoms with Gasteiger partial charge in [-0.3, -0.25) is 4.98 Å². The summed E-state index contributed by atoms with van der Waals surface area (Å²) in [6.45, 7) is 0. The van der Waals surface area contributed by atoms with Crippen molar-refractivity contribution in [1.29, 1.82) is 0 Å². The maximum absolute atomic E-state index is 14.0. The van der Waals surface area contributed by atoms with E-state index in [-0.39, 0.29) is 5.82 Å². The standard InChI is InChI=1S/C53H35FN2/c54-42-26-32-45(33-27-42)56(44-30-24-38(25-31-44)41-11-8-34-55-35-41)43-28-22-37(23-29-43)36-18-20-40(21-19-36)52-48-13-3-5-15-50(48)53(51-16-6-4-14-49(51)52)47-17-7-10-39-9-1-2-12-46(39)47/h1-35H. The third-order valence-electron chi connectivity index (χ3n) is 10.8. The van der Waals surface area contributed by atoms with Crippen LogP contribution in [0, 0.1) is 5.82 Å². The molecule has 2 nitrogen and oxygen atoms in total. The van der Waals surface area contributed by atoms with E-state index in [2.05, 4.69) is 180 Å². The molecule has 0 N–H and O–H groups in total. The molecule has 1 heterocycles. The lowest BCUT2D eigenvalue weighted by molar-refractivity contribution is 0.628. The molecule has 0 bridgehead atoms. The molecule has 0 unspecified atom stereocenters. The first-order chi connectivity index (χ1) is 27.7. The number of anilines is 3. The quantitative estimate of drug-likeness (QED) is 0.153. The van der Waals surface area contributed by atoms with E-state index < -0.39 is 0 Å². The summed E-state index contributed by atoms with van der Waals surface area (Å²) in [5.74, 6) is -0.263. The van der Waals surface area contributed by atoms with Crippen molar-refractivity contribution < 1.29 is 4.39 Å². The van der Waals surface area contributed by atoms with Gasteiger partial charge in [0.2, 0.25) is 0 Å². The summed E-state index contributed by atoms with van der Waals surface area (Å²) in [6, 6.07) is 69.5. The van der Waals surface area contributed by atoms with Crippen molar-refractivity contribution in [3.8, 4) is 44.5 Å². The minimum atomic E-state index is -0.263. The number of hydrogen-bond donors (Lipinski definition) is 0. The summed E-state index contributed by atoms with van der Waals surface area (Å²) in [6.07, 6.45) is 3.65. The second-order valence-corrected chi connectivity index (χ2v) is 14.1. The van der Waals surface area contributed by atoms with Crippen molar-refractivity contribution in [2.24, 2.45) is 0 Å². The highest BCUT2D eigenvalue weighted by Gasteiger charge is 2.18. The lowest BCUT2D eigenvalue weighted by Gasteiger charge is -2.26. The van der Waals surface area contributed by atoms with Crippen LogP contribution >= 0.6 is 0 Å². The van der Waals surface area contributed by atoms with Gasteiger partial charge >= 0.3 is 0 Å². The largest absolute Gasteiger partial charge is 0.311 e. The molecule has 9 aromatic carbocycles. The Bertz CT molecular complexity index is 2930. The smallest absolute Gasteiger partial charge is 0.123 e. The first-order valence-electron chi connectivity index (χ1n) is 18.9. The Balaban J connectivity index is 1.02. The molecule has 0 fully saturated rings. The third kappa shape index (κ3) is 5.96. The van der Waals surface area contributed by atoms with E-state index in [0.717, 1.165) is 39.3 Å². The topological polar surface area (TPSA) is 16.1 Å². The minimum absolute atomic E-state index is 0.263. The average molecular weight is 719 g/mol. The zero-order valence-corrected chi connectivity index (χ0v) is 30.5. The number of rotatable bonds is 7. The molecular weight excluding hydrogens is 684 g/mol. The monoisotopic (exact) mass is 718 g/mol. The average Bonchev–Trinajstić information content (AvgIpc) is 3.27. The van der Waals surface area contributed by atoms with Crippen LogP contribution in [0.15, 0.2) is 213 Å². The molecule has 0 saturated heterocycles. The van der Waals surface area contributed by atoms with Gasteiger partial charge in [0, 0.05) is 29.5 Å². The molecule has 264 valence electrons. The van der Waals surface area contributed by atoms with Gasteiger partial charge in [-0.1, -0.05) is 146 Å². The summed E-state index contributed by atoms with van der Waals surface area (Å²) in [5, 5.41) is 7.46. The van der Waals surface area contributed by atoms with Crippen LogP contribution in [0.25, 0.3) is 76.8 Å². The molecule has 3 heteroatoms. The number of nitrogens with zero attached hydrogens (tertiary/aromatic N) is 2. The Hall–Kier alpha value is -7.36. The number of halogens is 1. The second-order valence-electron chi connectivity index (χ2n) is 14.1. The van der Waals surface area contributed by atoms with Crippen molar-refractivity contribution in [2.75, 3.05) is 4.90 Å². The van der Waals surface area contributed by atoms with Gasteiger partial charge in [0.15, 0.2) is 0 Å². The number of aromatic nitrogens is 1. The van der Waals surface area contributed by atoms with Gasteiger partial charge in [0.1, 0.15) is 5.82 Å². The highest BCUT2D eigenvalue weighted by Crippen LogP contribution is 2.45. The Labute approximate surface area is 325 Å². The van der Waals surface area contributed by atoms with Crippen LogP contribution in [0.2, 0.25) is 0 Å². The van der Waals surface area contributed by atoms with Crippen LogP contribution in [-0.4, -0.2) is 4.98 Å². The van der Waals surface area contributed by atoms with E-state index in [1.54, 1.807) is 6.20 Å². The predicted molar refractivity (Wildman–Crippen MR) is 233 cm³/mol. The van der Waals surface area contributed by atoms with Gasteiger partial charge in [-0.2, -0.15) is 0 Å². The fourth-order valence-corrected chi connectivity index (χ4v) is 8.18. The number of benzene rings is 9. The Morgan fingerprint density at radius 2 is 0.786 bits per heavy atom. The Morgan fingerprint density at radius 1 is 0.339 bits per heavy atom. The summed E-state index contributed by atoms with van der Waals surface area (Å²) in [4.78, 5) is 6.43.